The normalized spacial score (nSPS) is 12.2. The molecule has 2 aromatic heterocycles. The van der Waals surface area contributed by atoms with E-state index in [-0.39, 0.29) is 11.6 Å². The number of hydrogen-bond acceptors (Lipinski definition) is 4. The van der Waals surface area contributed by atoms with Gasteiger partial charge in [0.25, 0.3) is 0 Å². The summed E-state index contributed by atoms with van der Waals surface area (Å²) in [4.78, 5) is 22.9. The third-order valence-electron chi connectivity index (χ3n) is 3.74. The highest BCUT2D eigenvalue weighted by molar-refractivity contribution is 9.10. The molecular weight excluding hydrogens is 378 g/mol. The summed E-state index contributed by atoms with van der Waals surface area (Å²) in [5.74, 6) is -1.32. The highest BCUT2D eigenvalue weighted by Crippen LogP contribution is 2.19. The van der Waals surface area contributed by atoms with Gasteiger partial charge in [-0.25, -0.2) is 4.79 Å². The number of rotatable bonds is 7. The number of carbonyl (C=O) groups excluding carboxylic acids is 1. The molecule has 9 heteroatoms. The molecule has 130 valence electrons. The van der Waals surface area contributed by atoms with Crippen LogP contribution in [0.1, 0.15) is 41.3 Å². The summed E-state index contributed by atoms with van der Waals surface area (Å²) in [6.07, 6.45) is 2.23. The average Bonchev–Trinajstić information content (AvgIpc) is 3.12. The number of amides is 1. The first-order valence-corrected chi connectivity index (χ1v) is 8.36. The molecule has 0 fully saturated rings. The van der Waals surface area contributed by atoms with E-state index in [0.29, 0.717) is 13.1 Å². The standard InChI is InChI=1S/C15H20BrN5O3/c1-9-13(16)10(2)20(18-9)7-4-6-17-14(22)11(3)21-8-5-12(19-21)15(23)24/h5,8,11H,4,6-7H2,1-3H3,(H,17,22)(H,23,24). The smallest absolute Gasteiger partial charge is 0.356 e. The van der Waals surface area contributed by atoms with Gasteiger partial charge in [0.2, 0.25) is 5.91 Å². The summed E-state index contributed by atoms with van der Waals surface area (Å²) in [7, 11) is 0. The van der Waals surface area contributed by atoms with Crippen molar-refractivity contribution in [3.63, 3.8) is 0 Å². The van der Waals surface area contributed by atoms with Crippen molar-refractivity contribution in [2.75, 3.05) is 6.54 Å². The first-order chi connectivity index (χ1) is 11.3. The van der Waals surface area contributed by atoms with E-state index < -0.39 is 12.0 Å². The van der Waals surface area contributed by atoms with E-state index in [0.717, 1.165) is 22.3 Å². The molecule has 2 rings (SSSR count). The van der Waals surface area contributed by atoms with Gasteiger partial charge in [-0.1, -0.05) is 0 Å². The molecular formula is C15H20BrN5O3. The third kappa shape index (κ3) is 4.02. The second-order valence-electron chi connectivity index (χ2n) is 5.51. The maximum atomic E-state index is 12.1. The van der Waals surface area contributed by atoms with Crippen LogP contribution in [-0.4, -0.2) is 43.1 Å². The van der Waals surface area contributed by atoms with E-state index >= 15 is 0 Å². The molecule has 1 amide bonds. The zero-order valence-corrected chi connectivity index (χ0v) is 15.4. The third-order valence-corrected chi connectivity index (χ3v) is 4.89. The fourth-order valence-electron chi connectivity index (χ4n) is 2.27. The van der Waals surface area contributed by atoms with Crippen molar-refractivity contribution in [3.05, 3.63) is 33.8 Å². The zero-order valence-electron chi connectivity index (χ0n) is 13.8. The lowest BCUT2D eigenvalue weighted by Crippen LogP contribution is -2.32. The summed E-state index contributed by atoms with van der Waals surface area (Å²) in [5, 5.41) is 20.0. The van der Waals surface area contributed by atoms with Gasteiger partial charge in [0.05, 0.1) is 10.2 Å². The first-order valence-electron chi connectivity index (χ1n) is 7.57. The van der Waals surface area contributed by atoms with Crippen molar-refractivity contribution in [3.8, 4) is 0 Å². The number of halogens is 1. The second-order valence-corrected chi connectivity index (χ2v) is 6.31. The topological polar surface area (TPSA) is 102 Å². The summed E-state index contributed by atoms with van der Waals surface area (Å²) in [5.41, 5.74) is 1.92. The Morgan fingerprint density at radius 3 is 2.62 bits per heavy atom. The number of aromatic carboxylic acids is 1. The summed E-state index contributed by atoms with van der Waals surface area (Å²) in [6.45, 7) is 6.81. The fourth-order valence-corrected chi connectivity index (χ4v) is 2.55. The van der Waals surface area contributed by atoms with Crippen LogP contribution in [-0.2, 0) is 11.3 Å². The lowest BCUT2D eigenvalue weighted by molar-refractivity contribution is -0.124. The van der Waals surface area contributed by atoms with Crippen molar-refractivity contribution < 1.29 is 14.7 Å². The quantitative estimate of drug-likeness (QED) is 0.694. The van der Waals surface area contributed by atoms with E-state index in [1.54, 1.807) is 6.92 Å². The molecule has 0 radical (unpaired) electrons. The molecule has 0 bridgehead atoms. The number of nitrogens with zero attached hydrogens (tertiary/aromatic N) is 4. The molecule has 8 nitrogen and oxygen atoms in total. The molecule has 0 saturated heterocycles. The van der Waals surface area contributed by atoms with E-state index in [2.05, 4.69) is 31.4 Å². The largest absolute Gasteiger partial charge is 0.476 e. The molecule has 0 spiro atoms. The zero-order chi connectivity index (χ0) is 17.9. The lowest BCUT2D eigenvalue weighted by atomic mass is 10.3. The number of hydrogen-bond donors (Lipinski definition) is 2. The molecule has 2 N–H and O–H groups in total. The number of carbonyl (C=O) groups is 2. The Morgan fingerprint density at radius 1 is 1.38 bits per heavy atom. The van der Waals surface area contributed by atoms with Crippen LogP contribution in [0.25, 0.3) is 0 Å². The molecule has 1 unspecified atom stereocenters. The van der Waals surface area contributed by atoms with Crippen LogP contribution >= 0.6 is 15.9 Å². The van der Waals surface area contributed by atoms with E-state index in [1.807, 2.05) is 18.5 Å². The minimum atomic E-state index is -1.11. The summed E-state index contributed by atoms with van der Waals surface area (Å²) in [6, 6.07) is 0.799. The molecule has 0 aliphatic rings. The molecule has 0 aliphatic carbocycles. The van der Waals surface area contributed by atoms with E-state index in [9.17, 15) is 9.59 Å². The van der Waals surface area contributed by atoms with Gasteiger partial charge in [-0.05, 0) is 49.2 Å². The Labute approximate surface area is 148 Å². The van der Waals surface area contributed by atoms with Crippen LogP contribution < -0.4 is 5.32 Å². The second kappa shape index (κ2) is 7.61. The molecule has 2 heterocycles. The van der Waals surface area contributed by atoms with Gasteiger partial charge < -0.3 is 10.4 Å². The minimum absolute atomic E-state index is 0.0789. The van der Waals surface area contributed by atoms with Crippen molar-refractivity contribution in [1.29, 1.82) is 0 Å². The van der Waals surface area contributed by atoms with Gasteiger partial charge in [-0.15, -0.1) is 0 Å². The first kappa shape index (κ1) is 18.2. The fraction of sp³-hybridized carbons (Fsp3) is 0.467. The molecule has 1 atom stereocenters. The SMILES string of the molecule is Cc1nn(CCCNC(=O)C(C)n2ccc(C(=O)O)n2)c(C)c1Br. The van der Waals surface area contributed by atoms with Gasteiger partial charge in [-0.3, -0.25) is 14.2 Å². The molecule has 0 aliphatic heterocycles. The van der Waals surface area contributed by atoms with Crippen LogP contribution in [0.4, 0.5) is 0 Å². The Kier molecular flexibility index (Phi) is 5.76. The minimum Gasteiger partial charge on any atom is -0.476 e. The predicted molar refractivity (Wildman–Crippen MR) is 90.9 cm³/mol. The summed E-state index contributed by atoms with van der Waals surface area (Å²) < 4.78 is 4.26. The van der Waals surface area contributed by atoms with Crippen molar-refractivity contribution in [1.82, 2.24) is 24.9 Å². The van der Waals surface area contributed by atoms with E-state index in [1.165, 1.54) is 16.9 Å². The van der Waals surface area contributed by atoms with Crippen LogP contribution in [0.2, 0.25) is 0 Å². The van der Waals surface area contributed by atoms with Gasteiger partial charge >= 0.3 is 5.97 Å². The lowest BCUT2D eigenvalue weighted by Gasteiger charge is -2.13. The van der Waals surface area contributed by atoms with E-state index in [4.69, 9.17) is 5.11 Å². The monoisotopic (exact) mass is 397 g/mol. The van der Waals surface area contributed by atoms with Crippen molar-refractivity contribution in [2.24, 2.45) is 0 Å². The maximum absolute atomic E-state index is 12.1. The highest BCUT2D eigenvalue weighted by Gasteiger charge is 2.17. The van der Waals surface area contributed by atoms with Crippen molar-refractivity contribution in [2.45, 2.75) is 39.8 Å². The highest BCUT2D eigenvalue weighted by atomic mass is 79.9. The van der Waals surface area contributed by atoms with Gasteiger partial charge in [0, 0.05) is 25.0 Å². The number of carboxylic acid groups (broad SMARTS) is 1. The Bertz CT molecular complexity index is 752. The van der Waals surface area contributed by atoms with Gasteiger partial charge in [0.1, 0.15) is 6.04 Å². The van der Waals surface area contributed by atoms with Gasteiger partial charge in [-0.2, -0.15) is 10.2 Å². The predicted octanol–water partition coefficient (Wildman–Crippen LogP) is 1.92. The molecule has 2 aromatic rings. The Balaban J connectivity index is 1.82. The number of aromatic nitrogens is 4. The number of carboxylic acids is 1. The average molecular weight is 398 g/mol. The van der Waals surface area contributed by atoms with Gasteiger partial charge in [0.15, 0.2) is 5.69 Å². The van der Waals surface area contributed by atoms with Crippen LogP contribution in [0.5, 0.6) is 0 Å². The Morgan fingerprint density at radius 2 is 2.08 bits per heavy atom. The van der Waals surface area contributed by atoms with Crippen LogP contribution in [0, 0.1) is 13.8 Å². The van der Waals surface area contributed by atoms with Crippen LogP contribution in [0.15, 0.2) is 16.7 Å². The Hall–Kier alpha value is -2.16. The molecule has 0 saturated carbocycles. The number of aryl methyl sites for hydroxylation is 2. The van der Waals surface area contributed by atoms with Crippen LogP contribution in [0.3, 0.4) is 0 Å². The summed E-state index contributed by atoms with van der Waals surface area (Å²) >= 11 is 3.48. The molecule has 24 heavy (non-hydrogen) atoms. The van der Waals surface area contributed by atoms with Crippen molar-refractivity contribution >= 4 is 27.8 Å². The molecule has 0 aromatic carbocycles. The number of nitrogens with one attached hydrogen (secondary N) is 1. The maximum Gasteiger partial charge on any atom is 0.356 e.